The van der Waals surface area contributed by atoms with E-state index in [1.165, 1.54) is 37.3 Å². The van der Waals surface area contributed by atoms with E-state index in [-0.39, 0.29) is 34.6 Å². The van der Waals surface area contributed by atoms with Crippen molar-refractivity contribution in [3.05, 3.63) is 101 Å². The van der Waals surface area contributed by atoms with E-state index >= 15 is 0 Å². The van der Waals surface area contributed by atoms with E-state index in [1.54, 1.807) is 48.5 Å². The zero-order valence-corrected chi connectivity index (χ0v) is 20.0. The summed E-state index contributed by atoms with van der Waals surface area (Å²) in [7, 11) is -4.14. The first kappa shape index (κ1) is 24.2. The lowest BCUT2D eigenvalue weighted by atomic mass is 10.1. The van der Waals surface area contributed by atoms with Gasteiger partial charge in [0.25, 0.3) is 0 Å². The summed E-state index contributed by atoms with van der Waals surface area (Å²) >= 11 is 5.89. The number of halogens is 1. The van der Waals surface area contributed by atoms with Crippen LogP contribution in [-0.4, -0.2) is 26.2 Å². The molecule has 1 N–H and O–H groups in total. The third-order valence-electron chi connectivity index (χ3n) is 4.86. The van der Waals surface area contributed by atoms with Crippen LogP contribution in [0.25, 0.3) is 0 Å². The Labute approximate surface area is 207 Å². The number of carbonyl (C=O) groups is 2. The fourth-order valence-electron chi connectivity index (χ4n) is 3.20. The molecule has 178 valence electrons. The zero-order chi connectivity index (χ0) is 25.0. The molecule has 3 aromatic carbocycles. The van der Waals surface area contributed by atoms with Crippen molar-refractivity contribution < 1.29 is 26.9 Å². The van der Waals surface area contributed by atoms with Gasteiger partial charge in [-0.25, -0.2) is 9.79 Å². The van der Waals surface area contributed by atoms with Crippen molar-refractivity contribution in [2.24, 2.45) is 4.99 Å². The molecule has 0 aromatic heterocycles. The van der Waals surface area contributed by atoms with Crippen LogP contribution in [0.4, 0.5) is 5.69 Å². The Balaban J connectivity index is 1.52. The molecular weight excluding hydrogens is 492 g/mol. The first-order valence-electron chi connectivity index (χ1n) is 10.4. The van der Waals surface area contributed by atoms with Gasteiger partial charge in [-0.05, 0) is 72.7 Å². The van der Waals surface area contributed by atoms with Crippen LogP contribution >= 0.6 is 11.6 Å². The summed E-state index contributed by atoms with van der Waals surface area (Å²) in [6.45, 7) is 1.36. The summed E-state index contributed by atoms with van der Waals surface area (Å²) < 4.78 is 36.2. The molecule has 0 aliphatic carbocycles. The van der Waals surface area contributed by atoms with Crippen molar-refractivity contribution in [2.75, 3.05) is 5.32 Å². The van der Waals surface area contributed by atoms with Crippen LogP contribution < -0.4 is 9.50 Å². The van der Waals surface area contributed by atoms with Crippen LogP contribution in [0.5, 0.6) is 5.75 Å². The quantitative estimate of drug-likeness (QED) is 0.285. The minimum Gasteiger partial charge on any atom is -0.402 e. The number of cyclic esters (lactones) is 1. The van der Waals surface area contributed by atoms with Crippen molar-refractivity contribution in [1.29, 1.82) is 0 Å². The number of ether oxygens (including phenoxy) is 1. The van der Waals surface area contributed by atoms with Gasteiger partial charge in [-0.2, -0.15) is 8.42 Å². The number of amides is 1. The molecule has 0 spiro atoms. The highest BCUT2D eigenvalue weighted by molar-refractivity contribution is 7.87. The highest BCUT2D eigenvalue weighted by Crippen LogP contribution is 2.26. The number of esters is 1. The van der Waals surface area contributed by atoms with Crippen molar-refractivity contribution >= 4 is 45.2 Å². The average molecular weight is 511 g/mol. The molecule has 1 heterocycles. The van der Waals surface area contributed by atoms with Crippen LogP contribution in [0.1, 0.15) is 18.1 Å². The summed E-state index contributed by atoms with van der Waals surface area (Å²) in [4.78, 5) is 27.6. The second-order valence-corrected chi connectivity index (χ2v) is 9.44. The predicted octanol–water partition coefficient (Wildman–Crippen LogP) is 4.50. The standard InChI is InChI=1S/C25H19ClN2O6S/c1-16(29)27-20-11-13-21(14-12-20)35(31,32)34-23-5-3-2-4-17(23)8-15-22-25(30)33-24(28-22)18-6-9-19(26)10-7-18/h2-7,9-15H,8H2,1H3,(H,27,29)/b22-15+. The number of carbonyl (C=O) groups excluding carboxylic acids is 2. The van der Waals surface area contributed by atoms with Crippen molar-refractivity contribution in [3.8, 4) is 5.75 Å². The Hall–Kier alpha value is -3.95. The van der Waals surface area contributed by atoms with Crippen LogP contribution in [0.2, 0.25) is 5.02 Å². The van der Waals surface area contributed by atoms with Crippen LogP contribution in [0.3, 0.4) is 0 Å². The fourth-order valence-corrected chi connectivity index (χ4v) is 4.29. The SMILES string of the molecule is CC(=O)Nc1ccc(S(=O)(=O)Oc2ccccc2C/C=C2/N=C(c3ccc(Cl)cc3)OC2=O)cc1. The summed E-state index contributed by atoms with van der Waals surface area (Å²) in [5, 5.41) is 3.12. The number of para-hydroxylation sites is 1. The summed E-state index contributed by atoms with van der Waals surface area (Å²) in [6.07, 6.45) is 1.72. The smallest absolute Gasteiger partial charge is 0.363 e. The van der Waals surface area contributed by atoms with Gasteiger partial charge in [0, 0.05) is 23.2 Å². The van der Waals surface area contributed by atoms with E-state index < -0.39 is 16.1 Å². The predicted molar refractivity (Wildman–Crippen MR) is 131 cm³/mol. The Kier molecular flexibility index (Phi) is 6.99. The topological polar surface area (TPSA) is 111 Å². The number of nitrogens with zero attached hydrogens (tertiary/aromatic N) is 1. The molecule has 0 fully saturated rings. The Morgan fingerprint density at radius 3 is 2.43 bits per heavy atom. The molecule has 1 amide bonds. The molecule has 0 saturated carbocycles. The number of benzene rings is 3. The molecule has 3 aromatic rings. The molecular formula is C25H19ClN2O6S. The van der Waals surface area contributed by atoms with Gasteiger partial charge in [0.1, 0.15) is 16.3 Å². The highest BCUT2D eigenvalue weighted by Gasteiger charge is 2.24. The Morgan fingerprint density at radius 1 is 1.06 bits per heavy atom. The number of allylic oxidation sites excluding steroid dienone is 1. The maximum atomic E-state index is 12.8. The first-order chi connectivity index (χ1) is 16.7. The van der Waals surface area contributed by atoms with Gasteiger partial charge < -0.3 is 14.2 Å². The minimum atomic E-state index is -4.14. The van der Waals surface area contributed by atoms with E-state index in [2.05, 4.69) is 10.3 Å². The molecule has 4 rings (SSSR count). The van der Waals surface area contributed by atoms with E-state index in [0.29, 0.717) is 21.8 Å². The molecule has 8 nitrogen and oxygen atoms in total. The van der Waals surface area contributed by atoms with E-state index in [0.717, 1.165) is 0 Å². The average Bonchev–Trinajstić information content (AvgIpc) is 3.19. The third kappa shape index (κ3) is 5.95. The molecule has 1 aliphatic rings. The number of aliphatic imine (C=N–C) groups is 1. The molecule has 0 atom stereocenters. The molecule has 0 saturated heterocycles. The summed E-state index contributed by atoms with van der Waals surface area (Å²) in [5.41, 5.74) is 1.69. The molecule has 1 aliphatic heterocycles. The van der Waals surface area contributed by atoms with Crippen molar-refractivity contribution in [3.63, 3.8) is 0 Å². The fraction of sp³-hybridized carbons (Fsp3) is 0.0800. The Bertz CT molecular complexity index is 1450. The lowest BCUT2D eigenvalue weighted by Crippen LogP contribution is -2.11. The third-order valence-corrected chi connectivity index (χ3v) is 6.36. The summed E-state index contributed by atoms with van der Waals surface area (Å²) in [5.74, 6) is -0.604. The molecule has 0 unspecified atom stereocenters. The number of rotatable bonds is 7. The van der Waals surface area contributed by atoms with Gasteiger partial charge in [0.2, 0.25) is 11.8 Å². The van der Waals surface area contributed by atoms with Gasteiger partial charge in [0.05, 0.1) is 0 Å². The monoisotopic (exact) mass is 510 g/mol. The van der Waals surface area contributed by atoms with E-state index in [4.69, 9.17) is 20.5 Å². The molecule has 35 heavy (non-hydrogen) atoms. The molecule has 10 heteroatoms. The van der Waals surface area contributed by atoms with E-state index in [1.807, 2.05) is 0 Å². The normalized spacial score (nSPS) is 14.4. The molecule has 0 bridgehead atoms. The minimum absolute atomic E-state index is 0.0728. The van der Waals surface area contributed by atoms with Crippen LogP contribution in [0.15, 0.2) is 94.5 Å². The van der Waals surface area contributed by atoms with Gasteiger partial charge in [-0.15, -0.1) is 0 Å². The second-order valence-electron chi connectivity index (χ2n) is 7.46. The van der Waals surface area contributed by atoms with Gasteiger partial charge in [-0.3, -0.25) is 4.79 Å². The second kappa shape index (κ2) is 10.1. The lowest BCUT2D eigenvalue weighted by Gasteiger charge is -2.11. The molecule has 0 radical (unpaired) electrons. The summed E-state index contributed by atoms with van der Waals surface area (Å²) in [6, 6.07) is 18.9. The van der Waals surface area contributed by atoms with Gasteiger partial charge in [-0.1, -0.05) is 29.8 Å². The van der Waals surface area contributed by atoms with Gasteiger partial charge >= 0.3 is 16.1 Å². The maximum Gasteiger partial charge on any atom is 0.363 e. The van der Waals surface area contributed by atoms with Crippen molar-refractivity contribution in [2.45, 2.75) is 18.2 Å². The first-order valence-corrected chi connectivity index (χ1v) is 12.2. The number of anilines is 1. The van der Waals surface area contributed by atoms with Crippen molar-refractivity contribution in [1.82, 2.24) is 0 Å². The van der Waals surface area contributed by atoms with Crippen LogP contribution in [0, 0.1) is 0 Å². The maximum absolute atomic E-state index is 12.8. The Morgan fingerprint density at radius 2 is 1.74 bits per heavy atom. The lowest BCUT2D eigenvalue weighted by molar-refractivity contribution is -0.130. The van der Waals surface area contributed by atoms with E-state index in [9.17, 15) is 18.0 Å². The zero-order valence-electron chi connectivity index (χ0n) is 18.4. The largest absolute Gasteiger partial charge is 0.402 e. The van der Waals surface area contributed by atoms with Crippen LogP contribution in [-0.2, 0) is 30.9 Å². The number of hydrogen-bond donors (Lipinski definition) is 1. The number of hydrogen-bond acceptors (Lipinski definition) is 7. The highest BCUT2D eigenvalue weighted by atomic mass is 35.5. The van der Waals surface area contributed by atoms with Gasteiger partial charge in [0.15, 0.2) is 0 Å². The number of nitrogens with one attached hydrogen (secondary N) is 1.